The molecular weight excluding hydrogens is 520 g/mol. The predicted molar refractivity (Wildman–Crippen MR) is 161 cm³/mol. The lowest BCUT2D eigenvalue weighted by atomic mass is 9.88. The molecule has 0 aliphatic carbocycles. The van der Waals surface area contributed by atoms with E-state index in [9.17, 15) is 14.7 Å². The maximum atomic E-state index is 10.2. The molecule has 3 rings (SSSR count). The van der Waals surface area contributed by atoms with Crippen molar-refractivity contribution in [2.75, 3.05) is 19.7 Å². The van der Waals surface area contributed by atoms with Crippen LogP contribution in [0.5, 0.6) is 5.75 Å². The summed E-state index contributed by atoms with van der Waals surface area (Å²) in [7, 11) is 0. The van der Waals surface area contributed by atoms with Gasteiger partial charge in [-0.1, -0.05) is 92.7 Å². The van der Waals surface area contributed by atoms with Crippen LogP contribution in [0.2, 0.25) is 0 Å². The van der Waals surface area contributed by atoms with Crippen LogP contribution >= 0.6 is 0 Å². The molecule has 0 saturated heterocycles. The molecule has 0 bridgehead atoms. The number of carboxylic acids is 2. The fourth-order valence-electron chi connectivity index (χ4n) is 4.18. The van der Waals surface area contributed by atoms with Crippen molar-refractivity contribution in [1.82, 2.24) is 10.6 Å². The zero-order chi connectivity index (χ0) is 30.0. The van der Waals surface area contributed by atoms with E-state index in [4.69, 9.17) is 14.9 Å². The third-order valence-electron chi connectivity index (χ3n) is 6.23. The number of rotatable bonds is 15. The second-order valence-corrected chi connectivity index (χ2v) is 9.91. The van der Waals surface area contributed by atoms with Gasteiger partial charge >= 0.3 is 11.9 Å². The minimum atomic E-state index is -1.26. The van der Waals surface area contributed by atoms with Gasteiger partial charge in [0, 0.05) is 42.3 Å². The number of hydrogen-bond donors (Lipinski definition) is 5. The highest BCUT2D eigenvalue weighted by molar-refractivity contribution is 5.89. The molecule has 0 aromatic heterocycles. The minimum Gasteiger partial charge on any atom is -0.490 e. The Morgan fingerprint density at radius 2 is 1.29 bits per heavy atom. The van der Waals surface area contributed by atoms with Gasteiger partial charge in [-0.3, -0.25) is 0 Å². The number of ether oxygens (including phenoxy) is 1. The summed E-state index contributed by atoms with van der Waals surface area (Å²) in [6.07, 6.45) is 1.58. The molecule has 8 nitrogen and oxygen atoms in total. The molecule has 0 spiro atoms. The fraction of sp³-hybridized carbons (Fsp3) is 0.333. The molecule has 3 aromatic carbocycles. The smallest absolute Gasteiger partial charge is 0.328 e. The van der Waals surface area contributed by atoms with E-state index in [0.29, 0.717) is 30.7 Å². The number of aliphatic hydroxyl groups is 1. The number of aliphatic carboxylic acids is 2. The third kappa shape index (κ3) is 13.3. The summed E-state index contributed by atoms with van der Waals surface area (Å²) in [6.45, 7) is 7.97. The lowest BCUT2D eigenvalue weighted by Gasteiger charge is -2.22. The molecule has 2 unspecified atom stereocenters. The van der Waals surface area contributed by atoms with E-state index in [1.165, 1.54) is 11.1 Å². The Bertz CT molecular complexity index is 1150. The topological polar surface area (TPSA) is 128 Å². The monoisotopic (exact) mass is 562 g/mol. The van der Waals surface area contributed by atoms with Gasteiger partial charge in [-0.2, -0.15) is 0 Å². The maximum Gasteiger partial charge on any atom is 0.328 e. The molecule has 0 saturated carbocycles. The summed E-state index contributed by atoms with van der Waals surface area (Å²) >= 11 is 0. The Morgan fingerprint density at radius 3 is 1.80 bits per heavy atom. The first-order valence-electron chi connectivity index (χ1n) is 13.8. The number of hydrogen-bond acceptors (Lipinski definition) is 6. The van der Waals surface area contributed by atoms with Crippen LogP contribution in [0.4, 0.5) is 0 Å². The zero-order valence-electron chi connectivity index (χ0n) is 23.9. The Balaban J connectivity index is 0.000000642. The number of carboxylic acid groups (broad SMARTS) is 2. The molecule has 0 aliphatic rings. The quantitative estimate of drug-likeness (QED) is 0.164. The molecule has 220 valence electrons. The van der Waals surface area contributed by atoms with Crippen LogP contribution in [-0.4, -0.2) is 59.1 Å². The zero-order valence-corrected chi connectivity index (χ0v) is 23.9. The number of nitrogens with one attached hydrogen (secondary N) is 2. The van der Waals surface area contributed by atoms with E-state index >= 15 is 0 Å². The van der Waals surface area contributed by atoms with E-state index in [2.05, 4.69) is 98.1 Å². The maximum absolute atomic E-state index is 10.2. The molecule has 8 heteroatoms. The lowest BCUT2D eigenvalue weighted by Crippen LogP contribution is -2.35. The van der Waals surface area contributed by atoms with E-state index in [0.717, 1.165) is 24.3 Å². The van der Waals surface area contributed by atoms with Crippen molar-refractivity contribution >= 4 is 11.9 Å². The van der Waals surface area contributed by atoms with Gasteiger partial charge < -0.3 is 30.7 Å². The van der Waals surface area contributed by atoms with Gasteiger partial charge in [0.15, 0.2) is 0 Å². The average molecular weight is 563 g/mol. The van der Waals surface area contributed by atoms with Crippen molar-refractivity contribution < 1.29 is 29.6 Å². The lowest BCUT2D eigenvalue weighted by molar-refractivity contribution is -0.134. The number of benzene rings is 3. The van der Waals surface area contributed by atoms with Crippen molar-refractivity contribution in [3.05, 3.63) is 114 Å². The molecule has 41 heavy (non-hydrogen) atoms. The van der Waals surface area contributed by atoms with Crippen molar-refractivity contribution in [2.24, 2.45) is 0 Å². The molecule has 5 N–H and O–H groups in total. The summed E-state index contributed by atoms with van der Waals surface area (Å²) in [4.78, 5) is 19.1. The molecule has 0 amide bonds. The van der Waals surface area contributed by atoms with E-state index < -0.39 is 18.0 Å². The van der Waals surface area contributed by atoms with Crippen LogP contribution in [0.1, 0.15) is 55.8 Å². The summed E-state index contributed by atoms with van der Waals surface area (Å²) in [5, 5.41) is 32.8. The van der Waals surface area contributed by atoms with Crippen molar-refractivity contribution in [2.45, 2.75) is 51.3 Å². The fourth-order valence-corrected chi connectivity index (χ4v) is 4.18. The van der Waals surface area contributed by atoms with Crippen LogP contribution in [0.25, 0.3) is 0 Å². The Morgan fingerprint density at radius 1 is 0.780 bits per heavy atom. The summed E-state index contributed by atoms with van der Waals surface area (Å²) in [5.41, 5.74) is 3.79. The first-order chi connectivity index (χ1) is 19.7. The highest BCUT2D eigenvalue weighted by Gasteiger charge is 2.16. The van der Waals surface area contributed by atoms with Gasteiger partial charge in [0.1, 0.15) is 18.5 Å². The van der Waals surface area contributed by atoms with Crippen LogP contribution in [0.15, 0.2) is 97.1 Å². The van der Waals surface area contributed by atoms with Crippen molar-refractivity contribution in [3.8, 4) is 5.75 Å². The number of carbonyl (C=O) groups is 2. The predicted octanol–water partition coefficient (Wildman–Crippen LogP) is 5.01. The second-order valence-electron chi connectivity index (χ2n) is 9.91. The molecule has 2 atom stereocenters. The summed E-state index contributed by atoms with van der Waals surface area (Å²) in [6, 6.07) is 30.0. The Hall–Kier alpha value is -3.98. The van der Waals surface area contributed by atoms with Crippen LogP contribution < -0.4 is 15.4 Å². The average Bonchev–Trinajstić information content (AvgIpc) is 2.97. The number of aliphatic hydroxyl groups excluding tert-OH is 1. The largest absolute Gasteiger partial charge is 0.490 e. The SMILES string of the molecule is CC(C)NCC(O)COc1ccccc1C(C)NCCC(c1ccccc1)c1ccccc1.O=C(O)/C=C/C(=O)O. The number of para-hydroxylation sites is 1. The Kier molecular flexibility index (Phi) is 14.9. The molecular formula is C33H42N2O6. The highest BCUT2D eigenvalue weighted by Crippen LogP contribution is 2.29. The Labute approximate surface area is 242 Å². The standard InChI is InChI=1S/C29H38N2O2.C4H4O4/c1-22(2)31-20-26(32)21-33-29-17-11-10-16-27(29)23(3)30-19-18-28(24-12-6-4-7-13-24)25-14-8-5-9-15-25;5-3(6)1-2-4(7)8/h4-17,22-23,26,28,30-32H,18-21H2,1-3H3;1-2H,(H,5,6)(H,7,8)/b;2-1+. The molecule has 0 aliphatic heterocycles. The first kappa shape index (κ1) is 33.2. The molecule has 0 heterocycles. The van der Waals surface area contributed by atoms with Crippen LogP contribution in [0, 0.1) is 0 Å². The van der Waals surface area contributed by atoms with Crippen LogP contribution in [-0.2, 0) is 9.59 Å². The van der Waals surface area contributed by atoms with Gasteiger partial charge in [-0.15, -0.1) is 0 Å². The second kappa shape index (κ2) is 18.4. The first-order valence-corrected chi connectivity index (χ1v) is 13.8. The van der Waals surface area contributed by atoms with Crippen molar-refractivity contribution in [3.63, 3.8) is 0 Å². The van der Waals surface area contributed by atoms with Crippen LogP contribution in [0.3, 0.4) is 0 Å². The summed E-state index contributed by atoms with van der Waals surface area (Å²) < 4.78 is 5.99. The molecule has 0 radical (unpaired) electrons. The van der Waals surface area contributed by atoms with E-state index in [-0.39, 0.29) is 12.6 Å². The van der Waals surface area contributed by atoms with E-state index in [1.54, 1.807) is 0 Å². The highest BCUT2D eigenvalue weighted by atomic mass is 16.5. The summed E-state index contributed by atoms with van der Waals surface area (Å²) in [5.74, 6) is -1.34. The normalized spacial score (nSPS) is 12.5. The minimum absolute atomic E-state index is 0.138. The van der Waals surface area contributed by atoms with Crippen molar-refractivity contribution in [1.29, 1.82) is 0 Å². The van der Waals surface area contributed by atoms with Gasteiger partial charge in [-0.25, -0.2) is 9.59 Å². The van der Waals surface area contributed by atoms with Gasteiger partial charge in [-0.05, 0) is 37.1 Å². The third-order valence-corrected chi connectivity index (χ3v) is 6.23. The molecule has 0 fully saturated rings. The van der Waals surface area contributed by atoms with Gasteiger partial charge in [0.25, 0.3) is 0 Å². The van der Waals surface area contributed by atoms with Gasteiger partial charge in [0.2, 0.25) is 0 Å². The van der Waals surface area contributed by atoms with Gasteiger partial charge in [0.05, 0.1) is 0 Å². The van der Waals surface area contributed by atoms with E-state index in [1.807, 2.05) is 18.2 Å². The molecule has 3 aromatic rings.